The van der Waals surface area contributed by atoms with Gasteiger partial charge in [-0.05, 0) is 47.5 Å². The smallest absolute Gasteiger partial charge is 0.410 e. The molecule has 3 N–H and O–H groups in total. The van der Waals surface area contributed by atoms with E-state index >= 15 is 0 Å². The summed E-state index contributed by atoms with van der Waals surface area (Å²) in [5.74, 6) is 0.683. The Hall–Kier alpha value is -2.70. The van der Waals surface area contributed by atoms with Gasteiger partial charge < -0.3 is 25.6 Å². The number of nitrogens with zero attached hydrogens (tertiary/aromatic N) is 1. The molecule has 0 bridgehead atoms. The summed E-state index contributed by atoms with van der Waals surface area (Å²) in [4.78, 5) is 24.9. The third kappa shape index (κ3) is 27.3. The fourth-order valence-electron chi connectivity index (χ4n) is 2.03. The molecule has 0 fully saturated rings. The predicted octanol–water partition coefficient (Wildman–Crippen LogP) is 5.39. The second-order valence-corrected chi connectivity index (χ2v) is 7.73. The van der Waals surface area contributed by atoms with Gasteiger partial charge in [0.15, 0.2) is 0 Å². The minimum Gasteiger partial charge on any atom is -0.444 e. The number of ether oxygens (including phenoxy) is 1. The molecular weight excluding hydrogens is 416 g/mol. The topological polar surface area (TPSA) is 82.7 Å². The molecule has 0 spiro atoms. The Morgan fingerprint density at radius 2 is 1.70 bits per heavy atom. The summed E-state index contributed by atoms with van der Waals surface area (Å²) in [6.45, 7) is 29.7. The first-order chi connectivity index (χ1) is 15.4. The summed E-state index contributed by atoms with van der Waals surface area (Å²) in [6.07, 6.45) is 5.08. The molecule has 0 saturated heterocycles. The maximum atomic E-state index is 11.9. The lowest BCUT2D eigenvalue weighted by atomic mass is 10.1. The highest BCUT2D eigenvalue weighted by Crippen LogP contribution is 2.09. The molecule has 7 nitrogen and oxygen atoms in total. The number of hydrogen-bond donors (Lipinski definition) is 3. The number of carbonyl (C=O) groups is 2. The van der Waals surface area contributed by atoms with Crippen LogP contribution in [-0.2, 0) is 9.53 Å². The number of carbonyl (C=O) groups excluding carboxylic acids is 2. The van der Waals surface area contributed by atoms with E-state index in [2.05, 4.69) is 49.2 Å². The molecule has 0 saturated carbocycles. The molecular formula is C26H52N4O3. The Morgan fingerprint density at radius 1 is 1.18 bits per heavy atom. The Kier molecular flexibility index (Phi) is 27.3. The predicted molar refractivity (Wildman–Crippen MR) is 144 cm³/mol. The molecule has 0 rings (SSSR count). The van der Waals surface area contributed by atoms with Gasteiger partial charge in [-0.1, -0.05) is 51.7 Å². The van der Waals surface area contributed by atoms with Crippen LogP contribution in [0, 0.1) is 0 Å². The second-order valence-electron chi connectivity index (χ2n) is 7.73. The fraction of sp³-hybridized carbons (Fsp3) is 0.615. The van der Waals surface area contributed by atoms with E-state index < -0.39 is 11.7 Å². The molecule has 0 aliphatic heterocycles. The van der Waals surface area contributed by atoms with Gasteiger partial charge in [0.25, 0.3) is 0 Å². The van der Waals surface area contributed by atoms with Gasteiger partial charge >= 0.3 is 6.09 Å². The van der Waals surface area contributed by atoms with Crippen molar-refractivity contribution in [1.82, 2.24) is 20.9 Å². The molecule has 0 unspecified atom stereocenters. The first-order valence-corrected chi connectivity index (χ1v) is 11.5. The van der Waals surface area contributed by atoms with Crippen LogP contribution >= 0.6 is 0 Å². The third-order valence-electron chi connectivity index (χ3n) is 3.56. The number of nitrogens with one attached hydrogen (secondary N) is 3. The monoisotopic (exact) mass is 468 g/mol. The lowest BCUT2D eigenvalue weighted by Crippen LogP contribution is -2.43. The molecule has 0 aliphatic rings. The van der Waals surface area contributed by atoms with Gasteiger partial charge in [0.05, 0.1) is 5.82 Å². The minimum atomic E-state index is -0.570. The molecule has 0 aromatic rings. The summed E-state index contributed by atoms with van der Waals surface area (Å²) in [5, 5.41) is 8.82. The molecule has 0 aliphatic carbocycles. The zero-order valence-electron chi connectivity index (χ0n) is 23.1. The first kappa shape index (κ1) is 37.6. The van der Waals surface area contributed by atoms with Crippen LogP contribution in [0.3, 0.4) is 0 Å². The largest absolute Gasteiger partial charge is 0.444 e. The van der Waals surface area contributed by atoms with Gasteiger partial charge in [0.1, 0.15) is 12.1 Å². The van der Waals surface area contributed by atoms with Crippen LogP contribution in [0.2, 0.25) is 0 Å². The molecule has 194 valence electrons. The minimum absolute atomic E-state index is 0.0197. The van der Waals surface area contributed by atoms with E-state index in [0.717, 1.165) is 24.4 Å². The van der Waals surface area contributed by atoms with Crippen LogP contribution in [0.15, 0.2) is 49.9 Å². The highest BCUT2D eigenvalue weighted by atomic mass is 16.6. The first-order valence-electron chi connectivity index (χ1n) is 11.5. The van der Waals surface area contributed by atoms with Gasteiger partial charge in [0, 0.05) is 26.7 Å². The van der Waals surface area contributed by atoms with Crippen molar-refractivity contribution in [2.75, 3.05) is 27.2 Å². The van der Waals surface area contributed by atoms with Crippen molar-refractivity contribution in [3.63, 3.8) is 0 Å². The normalized spacial score (nSPS) is 10.8. The third-order valence-corrected chi connectivity index (χ3v) is 3.56. The van der Waals surface area contributed by atoms with Gasteiger partial charge in [0.2, 0.25) is 5.91 Å². The van der Waals surface area contributed by atoms with E-state index in [0.29, 0.717) is 6.42 Å². The van der Waals surface area contributed by atoms with Crippen molar-refractivity contribution in [3.05, 3.63) is 49.9 Å². The van der Waals surface area contributed by atoms with E-state index in [-0.39, 0.29) is 18.5 Å². The van der Waals surface area contributed by atoms with E-state index in [4.69, 9.17) is 4.74 Å². The molecule has 0 radical (unpaired) electrons. The molecule has 0 heterocycles. The van der Waals surface area contributed by atoms with Gasteiger partial charge in [-0.25, -0.2) is 4.79 Å². The van der Waals surface area contributed by atoms with Crippen molar-refractivity contribution in [2.24, 2.45) is 0 Å². The maximum absolute atomic E-state index is 11.9. The van der Waals surface area contributed by atoms with E-state index in [9.17, 15) is 9.59 Å². The van der Waals surface area contributed by atoms with Crippen LogP contribution in [-0.4, -0.2) is 55.7 Å². The molecule has 1 atom stereocenters. The van der Waals surface area contributed by atoms with E-state index in [1.807, 2.05) is 40.8 Å². The molecule has 0 aromatic carbocycles. The summed E-state index contributed by atoms with van der Waals surface area (Å²) >= 11 is 0. The Morgan fingerprint density at radius 3 is 2.06 bits per heavy atom. The second kappa shape index (κ2) is 24.0. The van der Waals surface area contributed by atoms with Crippen molar-refractivity contribution in [3.8, 4) is 0 Å². The molecule has 0 aromatic heterocycles. The van der Waals surface area contributed by atoms with Crippen LogP contribution in [0.5, 0.6) is 0 Å². The number of hydrogen-bond acceptors (Lipinski definition) is 5. The Bertz CT molecular complexity index is 566. The Labute approximate surface area is 204 Å². The summed E-state index contributed by atoms with van der Waals surface area (Å²) < 4.78 is 5.19. The molecule has 33 heavy (non-hydrogen) atoms. The number of likely N-dealkylation sites (N-methyl/N-ethyl adjacent to an activating group) is 1. The van der Waals surface area contributed by atoms with Crippen molar-refractivity contribution in [1.29, 1.82) is 0 Å². The van der Waals surface area contributed by atoms with Crippen LogP contribution in [0.1, 0.15) is 68.2 Å². The van der Waals surface area contributed by atoms with E-state index in [1.54, 1.807) is 33.9 Å². The lowest BCUT2D eigenvalue weighted by molar-refractivity contribution is -0.122. The number of allylic oxidation sites excluding steroid dienone is 2. The van der Waals surface area contributed by atoms with E-state index in [1.165, 1.54) is 4.90 Å². The average molecular weight is 469 g/mol. The van der Waals surface area contributed by atoms with Crippen molar-refractivity contribution < 1.29 is 14.3 Å². The van der Waals surface area contributed by atoms with Crippen LogP contribution < -0.4 is 16.0 Å². The highest BCUT2D eigenvalue weighted by molar-refractivity contribution is 5.82. The SMILES string of the molecule is C=C.C=C(NC)NCCC.C=C/C(=C\C)C[C@H](C)NC(=O)CN(C)C(=O)OC(C)(C)C.CC. The lowest BCUT2D eigenvalue weighted by Gasteiger charge is -2.24. The van der Waals surface area contributed by atoms with Gasteiger partial charge in [-0.15, -0.1) is 13.2 Å². The summed E-state index contributed by atoms with van der Waals surface area (Å²) in [6, 6.07) is -0.0197. The highest BCUT2D eigenvalue weighted by Gasteiger charge is 2.21. The Balaban J connectivity index is -0.000000292. The quantitative estimate of drug-likeness (QED) is 0.296. The zero-order chi connectivity index (χ0) is 27.0. The zero-order valence-corrected chi connectivity index (χ0v) is 23.1. The van der Waals surface area contributed by atoms with Gasteiger partial charge in [-0.3, -0.25) is 4.79 Å². The van der Waals surface area contributed by atoms with Crippen molar-refractivity contribution >= 4 is 12.0 Å². The fourth-order valence-corrected chi connectivity index (χ4v) is 2.03. The van der Waals surface area contributed by atoms with Crippen LogP contribution in [0.4, 0.5) is 4.79 Å². The number of rotatable bonds is 10. The molecule has 7 heteroatoms. The number of amides is 2. The van der Waals surface area contributed by atoms with Crippen molar-refractivity contribution in [2.45, 2.75) is 79.9 Å². The summed E-state index contributed by atoms with van der Waals surface area (Å²) in [7, 11) is 3.39. The standard InChI is InChI=1S/C16H28N2O3.C6H14N2.C2H6.C2H4/c1-8-13(9-2)10-12(3)17-14(19)11-18(7)15(20)21-16(4,5)6;1-4-5-8-6(2)7-3;2*1-2/h8-9,12H,1,10-11H2,2-7H3,(H,17,19);7-8H,2,4-5H2,1,3H3;1-2H3;1-2H2/b13-9+;;;/t12-;;;/m0.../s1. The summed E-state index contributed by atoms with van der Waals surface area (Å²) in [5.41, 5.74) is 0.503. The van der Waals surface area contributed by atoms with Gasteiger partial charge in [-0.2, -0.15) is 0 Å². The molecule has 2 amide bonds. The average Bonchev–Trinajstić information content (AvgIpc) is 2.77. The van der Waals surface area contributed by atoms with Crippen LogP contribution in [0.25, 0.3) is 0 Å². The maximum Gasteiger partial charge on any atom is 0.410 e.